The highest BCUT2D eigenvalue weighted by Gasteiger charge is 2.25. The van der Waals surface area contributed by atoms with Crippen LogP contribution >= 0.6 is 0 Å². The van der Waals surface area contributed by atoms with Crippen molar-refractivity contribution in [2.75, 3.05) is 26.2 Å². The Balaban J connectivity index is 2.36. The molecular weight excluding hydrogens is 176 g/mol. The van der Waals surface area contributed by atoms with Crippen LogP contribution in [0.15, 0.2) is 0 Å². The zero-order chi connectivity index (χ0) is 10.6. The summed E-state index contributed by atoms with van der Waals surface area (Å²) in [5.74, 6) is 0. The van der Waals surface area contributed by atoms with Crippen LogP contribution in [0, 0.1) is 5.41 Å². The summed E-state index contributed by atoms with van der Waals surface area (Å²) < 4.78 is 0. The van der Waals surface area contributed by atoms with Crippen LogP contribution in [-0.4, -0.2) is 42.4 Å². The molecule has 14 heavy (non-hydrogen) atoms. The van der Waals surface area contributed by atoms with Crippen molar-refractivity contribution in [2.45, 2.75) is 39.8 Å². The molecule has 3 heteroatoms. The summed E-state index contributed by atoms with van der Waals surface area (Å²) in [5, 5.41) is 13.3. The van der Waals surface area contributed by atoms with Crippen LogP contribution in [0.1, 0.15) is 33.6 Å². The van der Waals surface area contributed by atoms with Gasteiger partial charge in [0.15, 0.2) is 0 Å². The summed E-state index contributed by atoms with van der Waals surface area (Å²) in [4.78, 5) is 2.17. The number of rotatable bonds is 4. The lowest BCUT2D eigenvalue weighted by Gasteiger charge is -2.35. The summed E-state index contributed by atoms with van der Waals surface area (Å²) in [6.45, 7) is 10.6. The lowest BCUT2D eigenvalue weighted by atomic mass is 9.85. The lowest BCUT2D eigenvalue weighted by molar-refractivity contribution is -0.0325. The van der Waals surface area contributed by atoms with Crippen molar-refractivity contribution in [2.24, 2.45) is 5.41 Å². The molecule has 2 N–H and O–H groups in total. The molecule has 0 amide bonds. The van der Waals surface area contributed by atoms with E-state index < -0.39 is 0 Å². The van der Waals surface area contributed by atoms with Crippen LogP contribution in [0.4, 0.5) is 0 Å². The Bertz CT molecular complexity index is 165. The average Bonchev–Trinajstić information content (AvgIpc) is 2.19. The van der Waals surface area contributed by atoms with E-state index in [0.717, 1.165) is 39.0 Å². The molecule has 0 radical (unpaired) electrons. The minimum atomic E-state index is -0.257. The minimum absolute atomic E-state index is 0.254. The summed E-state index contributed by atoms with van der Waals surface area (Å²) in [5.41, 5.74) is 0.254. The molecule has 0 aromatic rings. The van der Waals surface area contributed by atoms with Crippen molar-refractivity contribution in [3.05, 3.63) is 0 Å². The third-order valence-corrected chi connectivity index (χ3v) is 3.27. The Morgan fingerprint density at radius 2 is 1.93 bits per heavy atom. The average molecular weight is 200 g/mol. The van der Waals surface area contributed by atoms with E-state index in [0.29, 0.717) is 0 Å². The number of nitrogens with one attached hydrogen (secondary N) is 1. The van der Waals surface area contributed by atoms with Gasteiger partial charge in [0.05, 0.1) is 0 Å². The van der Waals surface area contributed by atoms with E-state index in [2.05, 4.69) is 31.0 Å². The second-order valence-corrected chi connectivity index (χ2v) is 4.99. The van der Waals surface area contributed by atoms with Gasteiger partial charge in [-0.15, -0.1) is 0 Å². The first-order valence-electron chi connectivity index (χ1n) is 5.68. The monoisotopic (exact) mass is 200 g/mol. The largest absolute Gasteiger partial charge is 0.378 e. The number of piperazine rings is 1. The Kier molecular flexibility index (Phi) is 4.35. The molecule has 1 fully saturated rings. The Hall–Kier alpha value is -0.120. The minimum Gasteiger partial charge on any atom is -0.378 e. The van der Waals surface area contributed by atoms with Crippen LogP contribution in [0.2, 0.25) is 0 Å². The van der Waals surface area contributed by atoms with Crippen molar-refractivity contribution in [3.63, 3.8) is 0 Å². The maximum Gasteiger partial charge on any atom is 0.107 e. The summed E-state index contributed by atoms with van der Waals surface area (Å²) in [7, 11) is 0. The smallest absolute Gasteiger partial charge is 0.107 e. The van der Waals surface area contributed by atoms with Crippen LogP contribution in [0.3, 0.4) is 0 Å². The Morgan fingerprint density at radius 1 is 1.36 bits per heavy atom. The maximum absolute atomic E-state index is 10.0. The van der Waals surface area contributed by atoms with E-state index in [9.17, 15) is 5.11 Å². The van der Waals surface area contributed by atoms with E-state index in [4.69, 9.17) is 0 Å². The predicted molar refractivity (Wildman–Crippen MR) is 59.1 cm³/mol. The number of aliphatic hydroxyl groups is 1. The molecule has 0 aromatic heterocycles. The fourth-order valence-corrected chi connectivity index (χ4v) is 1.75. The number of aliphatic hydroxyl groups excluding tert-OH is 1. The van der Waals surface area contributed by atoms with E-state index >= 15 is 0 Å². The van der Waals surface area contributed by atoms with Crippen molar-refractivity contribution in [3.8, 4) is 0 Å². The lowest BCUT2D eigenvalue weighted by Crippen LogP contribution is -2.49. The maximum atomic E-state index is 10.0. The molecule has 3 nitrogen and oxygen atoms in total. The van der Waals surface area contributed by atoms with E-state index in [1.807, 2.05) is 0 Å². The molecule has 1 rings (SSSR count). The molecule has 0 bridgehead atoms. The summed E-state index contributed by atoms with van der Waals surface area (Å²) >= 11 is 0. The molecule has 84 valence electrons. The van der Waals surface area contributed by atoms with Gasteiger partial charge < -0.3 is 10.4 Å². The van der Waals surface area contributed by atoms with Crippen LogP contribution in [0.25, 0.3) is 0 Å². The Morgan fingerprint density at radius 3 is 2.43 bits per heavy atom. The van der Waals surface area contributed by atoms with Gasteiger partial charge in [-0.3, -0.25) is 4.90 Å². The zero-order valence-corrected chi connectivity index (χ0v) is 9.71. The molecule has 1 aliphatic heterocycles. The van der Waals surface area contributed by atoms with Crippen LogP contribution in [0.5, 0.6) is 0 Å². The highest BCUT2D eigenvalue weighted by molar-refractivity contribution is 4.75. The number of nitrogens with zero attached hydrogens (tertiary/aromatic N) is 1. The molecule has 0 saturated carbocycles. The fraction of sp³-hybridized carbons (Fsp3) is 1.00. The molecule has 0 aromatic carbocycles. The third-order valence-electron chi connectivity index (χ3n) is 3.27. The highest BCUT2D eigenvalue weighted by atomic mass is 16.3. The van der Waals surface area contributed by atoms with Gasteiger partial charge in [-0.2, -0.15) is 0 Å². The topological polar surface area (TPSA) is 35.5 Å². The SMILES string of the molecule is CCC(C)(C)CC(O)N1CCNCC1. The number of hydrogen-bond acceptors (Lipinski definition) is 3. The van der Waals surface area contributed by atoms with Gasteiger partial charge in [-0.25, -0.2) is 0 Å². The molecule has 1 unspecified atom stereocenters. The van der Waals surface area contributed by atoms with E-state index in [1.165, 1.54) is 0 Å². The van der Waals surface area contributed by atoms with Gasteiger partial charge >= 0.3 is 0 Å². The molecule has 0 spiro atoms. The van der Waals surface area contributed by atoms with E-state index in [1.54, 1.807) is 0 Å². The quantitative estimate of drug-likeness (QED) is 0.711. The van der Waals surface area contributed by atoms with Crippen molar-refractivity contribution in [1.29, 1.82) is 0 Å². The number of hydrogen-bond donors (Lipinski definition) is 2. The molecule has 0 aliphatic carbocycles. The Labute approximate surface area is 87.5 Å². The second kappa shape index (κ2) is 5.10. The third kappa shape index (κ3) is 3.56. The zero-order valence-electron chi connectivity index (χ0n) is 9.71. The first kappa shape index (κ1) is 12.0. The molecule has 1 atom stereocenters. The molecular formula is C11H24N2O. The standard InChI is InChI=1S/C11H24N2O/c1-4-11(2,3)9-10(14)13-7-5-12-6-8-13/h10,12,14H,4-9H2,1-3H3. The molecule has 1 heterocycles. The van der Waals surface area contributed by atoms with Gasteiger partial charge in [0, 0.05) is 26.2 Å². The highest BCUT2D eigenvalue weighted by Crippen LogP contribution is 2.27. The van der Waals surface area contributed by atoms with Crippen molar-refractivity contribution in [1.82, 2.24) is 10.2 Å². The van der Waals surface area contributed by atoms with Gasteiger partial charge in [0.25, 0.3) is 0 Å². The van der Waals surface area contributed by atoms with Gasteiger partial charge in [0.2, 0.25) is 0 Å². The normalized spacial score (nSPS) is 22.3. The van der Waals surface area contributed by atoms with Crippen molar-refractivity contribution < 1.29 is 5.11 Å². The first-order chi connectivity index (χ1) is 6.55. The molecule has 1 aliphatic rings. The van der Waals surface area contributed by atoms with E-state index in [-0.39, 0.29) is 11.6 Å². The molecule has 1 saturated heterocycles. The van der Waals surface area contributed by atoms with Gasteiger partial charge in [-0.05, 0) is 11.8 Å². The van der Waals surface area contributed by atoms with Crippen LogP contribution in [-0.2, 0) is 0 Å². The second-order valence-electron chi connectivity index (χ2n) is 4.99. The predicted octanol–water partition coefficient (Wildman–Crippen LogP) is 1.04. The summed E-state index contributed by atoms with van der Waals surface area (Å²) in [6, 6.07) is 0. The van der Waals surface area contributed by atoms with Crippen LogP contribution < -0.4 is 5.32 Å². The van der Waals surface area contributed by atoms with Crippen molar-refractivity contribution >= 4 is 0 Å². The summed E-state index contributed by atoms with van der Waals surface area (Å²) in [6.07, 6.45) is 1.74. The first-order valence-corrected chi connectivity index (χ1v) is 5.68. The fourth-order valence-electron chi connectivity index (χ4n) is 1.75. The van der Waals surface area contributed by atoms with Gasteiger partial charge in [0.1, 0.15) is 6.23 Å². The van der Waals surface area contributed by atoms with Gasteiger partial charge in [-0.1, -0.05) is 27.2 Å².